The van der Waals surface area contributed by atoms with E-state index in [9.17, 15) is 0 Å². The number of hydrogen-bond acceptors (Lipinski definition) is 4. The highest BCUT2D eigenvalue weighted by atomic mass is 15.4. The molecule has 0 amide bonds. The van der Waals surface area contributed by atoms with Crippen molar-refractivity contribution in [3.8, 4) is 5.69 Å². The third-order valence-corrected chi connectivity index (χ3v) is 2.93. The minimum absolute atomic E-state index is 0.622. The smallest absolute Gasteiger partial charge is 0.0964 e. The van der Waals surface area contributed by atoms with Crippen LogP contribution in [-0.2, 0) is 13.1 Å². The lowest BCUT2D eigenvalue weighted by molar-refractivity contribution is 0.631. The summed E-state index contributed by atoms with van der Waals surface area (Å²) in [7, 11) is 1.89. The lowest BCUT2D eigenvalue weighted by Crippen LogP contribution is -2.05. The summed E-state index contributed by atoms with van der Waals surface area (Å²) in [5.41, 5.74) is 2.93. The van der Waals surface area contributed by atoms with Crippen LogP contribution in [0.1, 0.15) is 11.4 Å². The summed E-state index contributed by atoms with van der Waals surface area (Å²) < 4.78 is 3.66. The first kappa shape index (κ1) is 12.6. The Kier molecular flexibility index (Phi) is 3.56. The largest absolute Gasteiger partial charge is 0.314 e. The van der Waals surface area contributed by atoms with Crippen LogP contribution < -0.4 is 5.32 Å². The van der Waals surface area contributed by atoms with E-state index in [-0.39, 0.29) is 0 Å². The average molecular weight is 268 g/mol. The van der Waals surface area contributed by atoms with Gasteiger partial charge in [-0.15, -0.1) is 5.10 Å². The lowest BCUT2D eigenvalue weighted by Gasteiger charge is -2.00. The van der Waals surface area contributed by atoms with Crippen LogP contribution in [0.15, 0.2) is 48.8 Å². The van der Waals surface area contributed by atoms with Gasteiger partial charge in [0.1, 0.15) is 0 Å². The van der Waals surface area contributed by atoms with Gasteiger partial charge >= 0.3 is 0 Å². The molecule has 0 saturated heterocycles. The minimum Gasteiger partial charge on any atom is -0.314 e. The zero-order valence-electron chi connectivity index (χ0n) is 11.3. The molecule has 0 saturated carbocycles. The Morgan fingerprint density at radius 1 is 1.10 bits per heavy atom. The standard InChI is InChI=1S/C14H16N6/c1-15-9-13-11-19(18-16-13)10-12-7-8-20(17-12)14-5-3-2-4-6-14/h2-8,11,15H,9-10H2,1H3. The molecule has 0 aliphatic heterocycles. The number of nitrogens with one attached hydrogen (secondary N) is 1. The summed E-state index contributed by atoms with van der Waals surface area (Å²) in [5, 5.41) is 15.8. The van der Waals surface area contributed by atoms with Crippen LogP contribution in [0, 0.1) is 0 Å². The van der Waals surface area contributed by atoms with Crippen LogP contribution in [0.25, 0.3) is 5.69 Å². The summed E-state index contributed by atoms with van der Waals surface area (Å²) in [6.45, 7) is 1.34. The van der Waals surface area contributed by atoms with Gasteiger partial charge in [0.25, 0.3) is 0 Å². The maximum Gasteiger partial charge on any atom is 0.0964 e. The van der Waals surface area contributed by atoms with Crippen molar-refractivity contribution in [1.29, 1.82) is 0 Å². The molecule has 1 N–H and O–H groups in total. The highest BCUT2D eigenvalue weighted by Crippen LogP contribution is 2.07. The van der Waals surface area contributed by atoms with Gasteiger partial charge in [-0.2, -0.15) is 5.10 Å². The van der Waals surface area contributed by atoms with Crippen molar-refractivity contribution in [1.82, 2.24) is 30.1 Å². The molecule has 0 aliphatic rings. The third-order valence-electron chi connectivity index (χ3n) is 2.93. The van der Waals surface area contributed by atoms with Crippen LogP contribution >= 0.6 is 0 Å². The number of nitrogens with zero attached hydrogens (tertiary/aromatic N) is 5. The maximum absolute atomic E-state index is 4.54. The topological polar surface area (TPSA) is 60.6 Å². The van der Waals surface area contributed by atoms with E-state index in [2.05, 4.69) is 20.7 Å². The lowest BCUT2D eigenvalue weighted by atomic mass is 10.3. The zero-order chi connectivity index (χ0) is 13.8. The number of hydrogen-bond donors (Lipinski definition) is 1. The predicted octanol–water partition coefficient (Wildman–Crippen LogP) is 1.23. The second-order valence-electron chi connectivity index (χ2n) is 4.52. The van der Waals surface area contributed by atoms with E-state index < -0.39 is 0 Å². The van der Waals surface area contributed by atoms with Gasteiger partial charge < -0.3 is 5.32 Å². The highest BCUT2D eigenvalue weighted by Gasteiger charge is 2.04. The van der Waals surface area contributed by atoms with Gasteiger partial charge in [0.05, 0.1) is 29.8 Å². The van der Waals surface area contributed by atoms with E-state index in [0.717, 1.165) is 23.6 Å². The quantitative estimate of drug-likeness (QED) is 0.756. The molecule has 102 valence electrons. The van der Waals surface area contributed by atoms with Crippen LogP contribution in [0.2, 0.25) is 0 Å². The molecule has 0 fully saturated rings. The number of benzene rings is 1. The number of para-hydroxylation sites is 1. The van der Waals surface area contributed by atoms with Crippen molar-refractivity contribution >= 4 is 0 Å². The van der Waals surface area contributed by atoms with Crippen molar-refractivity contribution in [3.63, 3.8) is 0 Å². The first-order chi connectivity index (χ1) is 9.85. The molecule has 0 radical (unpaired) electrons. The molecule has 3 rings (SSSR count). The van der Waals surface area contributed by atoms with Gasteiger partial charge in [-0.1, -0.05) is 23.4 Å². The van der Waals surface area contributed by atoms with Crippen molar-refractivity contribution in [2.75, 3.05) is 7.05 Å². The van der Waals surface area contributed by atoms with Gasteiger partial charge in [-0.25, -0.2) is 9.36 Å². The van der Waals surface area contributed by atoms with E-state index in [0.29, 0.717) is 6.54 Å². The Hall–Kier alpha value is -2.47. The molecule has 0 atom stereocenters. The molecule has 2 aromatic heterocycles. The fraction of sp³-hybridized carbons (Fsp3) is 0.214. The van der Waals surface area contributed by atoms with Crippen LogP contribution in [-0.4, -0.2) is 31.8 Å². The van der Waals surface area contributed by atoms with E-state index in [4.69, 9.17) is 0 Å². The molecular formula is C14H16N6. The molecule has 20 heavy (non-hydrogen) atoms. The summed E-state index contributed by atoms with van der Waals surface area (Å²) in [4.78, 5) is 0. The Labute approximate surface area is 117 Å². The molecule has 6 nitrogen and oxygen atoms in total. The Balaban J connectivity index is 1.73. The second kappa shape index (κ2) is 5.66. The van der Waals surface area contributed by atoms with Gasteiger partial charge in [0.2, 0.25) is 0 Å². The first-order valence-corrected chi connectivity index (χ1v) is 6.49. The molecule has 1 aromatic carbocycles. The monoisotopic (exact) mass is 268 g/mol. The van der Waals surface area contributed by atoms with Gasteiger partial charge in [0.15, 0.2) is 0 Å². The normalized spacial score (nSPS) is 10.8. The minimum atomic E-state index is 0.622. The third kappa shape index (κ3) is 2.75. The SMILES string of the molecule is CNCc1cn(Cc2ccn(-c3ccccc3)n2)nn1. The van der Waals surface area contributed by atoms with Crippen molar-refractivity contribution in [2.24, 2.45) is 0 Å². The highest BCUT2D eigenvalue weighted by molar-refractivity contribution is 5.30. The van der Waals surface area contributed by atoms with Crippen LogP contribution in [0.3, 0.4) is 0 Å². The number of rotatable bonds is 5. The fourth-order valence-corrected chi connectivity index (χ4v) is 2.01. The molecule has 0 bridgehead atoms. The van der Waals surface area contributed by atoms with Crippen LogP contribution in [0.5, 0.6) is 0 Å². The van der Waals surface area contributed by atoms with Crippen molar-refractivity contribution in [3.05, 3.63) is 60.2 Å². The predicted molar refractivity (Wildman–Crippen MR) is 75.5 cm³/mol. The second-order valence-corrected chi connectivity index (χ2v) is 4.52. The Morgan fingerprint density at radius 3 is 2.75 bits per heavy atom. The van der Waals surface area contributed by atoms with E-state index in [1.54, 1.807) is 4.68 Å². The van der Waals surface area contributed by atoms with Crippen molar-refractivity contribution in [2.45, 2.75) is 13.1 Å². The zero-order valence-corrected chi connectivity index (χ0v) is 11.3. The van der Waals surface area contributed by atoms with Gasteiger partial charge in [0, 0.05) is 12.7 Å². The maximum atomic E-state index is 4.54. The molecule has 3 aromatic rings. The Bertz CT molecular complexity index is 670. The number of aromatic nitrogens is 5. The van der Waals surface area contributed by atoms with Crippen LogP contribution in [0.4, 0.5) is 0 Å². The average Bonchev–Trinajstić information content (AvgIpc) is 3.11. The summed E-state index contributed by atoms with van der Waals surface area (Å²) in [6.07, 6.45) is 3.88. The van der Waals surface area contributed by atoms with Gasteiger partial charge in [-0.3, -0.25) is 0 Å². The molecule has 0 unspecified atom stereocenters. The summed E-state index contributed by atoms with van der Waals surface area (Å²) >= 11 is 0. The summed E-state index contributed by atoms with van der Waals surface area (Å²) in [6, 6.07) is 12.0. The molecule has 0 spiro atoms. The van der Waals surface area contributed by atoms with Crippen molar-refractivity contribution < 1.29 is 0 Å². The van der Waals surface area contributed by atoms with Gasteiger partial charge in [-0.05, 0) is 25.2 Å². The Morgan fingerprint density at radius 2 is 1.95 bits per heavy atom. The molecule has 0 aliphatic carbocycles. The molecule has 6 heteroatoms. The fourth-order valence-electron chi connectivity index (χ4n) is 2.01. The molecule has 2 heterocycles. The van der Waals surface area contributed by atoms with E-state index >= 15 is 0 Å². The molecular weight excluding hydrogens is 252 g/mol. The summed E-state index contributed by atoms with van der Waals surface area (Å²) in [5.74, 6) is 0. The van der Waals surface area contributed by atoms with E-state index in [1.807, 2.05) is 60.5 Å². The first-order valence-electron chi connectivity index (χ1n) is 6.49. The van der Waals surface area contributed by atoms with E-state index in [1.165, 1.54) is 0 Å².